The molecule has 130 valence electrons. The average molecular weight is 351 g/mol. The van der Waals surface area contributed by atoms with Gasteiger partial charge in [-0.3, -0.25) is 4.79 Å². The van der Waals surface area contributed by atoms with E-state index in [0.717, 1.165) is 29.8 Å². The van der Waals surface area contributed by atoms with E-state index < -0.39 is 11.6 Å². The number of benzene rings is 2. The third kappa shape index (κ3) is 3.01. The van der Waals surface area contributed by atoms with Gasteiger partial charge in [-0.25, -0.2) is 13.8 Å². The predicted molar refractivity (Wildman–Crippen MR) is 95.7 cm³/mol. The molecule has 0 bridgehead atoms. The average Bonchev–Trinajstić information content (AvgIpc) is 3.08. The van der Waals surface area contributed by atoms with Gasteiger partial charge in [-0.2, -0.15) is 0 Å². The molecule has 1 aromatic heterocycles. The molecule has 0 atom stereocenters. The maximum atomic E-state index is 13.7. The van der Waals surface area contributed by atoms with Gasteiger partial charge in [0.05, 0.1) is 11.3 Å². The number of nitrogens with one attached hydrogen (secondary N) is 1. The van der Waals surface area contributed by atoms with Crippen LogP contribution in [-0.2, 0) is 6.42 Å². The maximum Gasteiger partial charge on any atom is 0.259 e. The molecule has 1 amide bonds. The van der Waals surface area contributed by atoms with Crippen LogP contribution in [0.4, 0.5) is 26.0 Å². The molecule has 2 aromatic carbocycles. The molecule has 0 unspecified atom stereocenters. The quantitative estimate of drug-likeness (QED) is 0.765. The van der Waals surface area contributed by atoms with Gasteiger partial charge in [0.25, 0.3) is 5.91 Å². The van der Waals surface area contributed by atoms with Gasteiger partial charge in [-0.15, -0.1) is 0 Å². The van der Waals surface area contributed by atoms with Crippen LogP contribution in [0.3, 0.4) is 0 Å². The van der Waals surface area contributed by atoms with Crippen molar-refractivity contribution in [3.05, 3.63) is 83.6 Å². The Bertz CT molecular complexity index is 973. The van der Waals surface area contributed by atoms with Crippen LogP contribution in [-0.4, -0.2) is 17.4 Å². The van der Waals surface area contributed by atoms with Crippen LogP contribution in [0.25, 0.3) is 0 Å². The molecule has 1 aliphatic heterocycles. The summed E-state index contributed by atoms with van der Waals surface area (Å²) in [6, 6.07) is 14.3. The lowest BCUT2D eigenvalue weighted by Gasteiger charge is -2.17. The van der Waals surface area contributed by atoms with Crippen molar-refractivity contribution in [2.45, 2.75) is 6.42 Å². The third-order valence-corrected chi connectivity index (χ3v) is 4.34. The summed E-state index contributed by atoms with van der Waals surface area (Å²) in [7, 11) is 0. The molecule has 3 aromatic rings. The molecule has 4 rings (SSSR count). The fraction of sp³-hybridized carbons (Fsp3) is 0.100. The number of fused-ring (bicyclic) bond motifs is 1. The van der Waals surface area contributed by atoms with Crippen LogP contribution in [0, 0.1) is 11.6 Å². The molecular formula is C20H15F2N3O. The Morgan fingerprint density at radius 2 is 1.92 bits per heavy atom. The van der Waals surface area contributed by atoms with E-state index in [-0.39, 0.29) is 11.6 Å². The molecule has 0 saturated heterocycles. The van der Waals surface area contributed by atoms with Crippen molar-refractivity contribution >= 4 is 23.1 Å². The van der Waals surface area contributed by atoms with Crippen molar-refractivity contribution in [1.29, 1.82) is 0 Å². The van der Waals surface area contributed by atoms with Gasteiger partial charge >= 0.3 is 0 Å². The van der Waals surface area contributed by atoms with Crippen molar-refractivity contribution < 1.29 is 13.6 Å². The highest BCUT2D eigenvalue weighted by Crippen LogP contribution is 2.29. The van der Waals surface area contributed by atoms with E-state index in [4.69, 9.17) is 0 Å². The number of anilines is 3. The van der Waals surface area contributed by atoms with Crippen molar-refractivity contribution in [3.8, 4) is 0 Å². The maximum absolute atomic E-state index is 13.7. The van der Waals surface area contributed by atoms with Gasteiger partial charge in [0.1, 0.15) is 17.5 Å². The smallest absolute Gasteiger partial charge is 0.259 e. The van der Waals surface area contributed by atoms with E-state index in [1.807, 2.05) is 24.3 Å². The highest BCUT2D eigenvalue weighted by atomic mass is 19.1. The second-order valence-corrected chi connectivity index (χ2v) is 6.02. The van der Waals surface area contributed by atoms with E-state index >= 15 is 0 Å². The van der Waals surface area contributed by atoms with Crippen LogP contribution >= 0.6 is 0 Å². The number of hydrogen-bond donors (Lipinski definition) is 1. The molecule has 1 aliphatic rings. The minimum Gasteiger partial charge on any atom is -0.338 e. The van der Waals surface area contributed by atoms with Gasteiger partial charge in [0.2, 0.25) is 0 Å². The summed E-state index contributed by atoms with van der Waals surface area (Å²) in [5, 5.41) is 2.77. The number of carbonyl (C=O) groups is 1. The number of pyridine rings is 1. The number of amides is 1. The second kappa shape index (κ2) is 6.55. The Kier molecular flexibility index (Phi) is 4.08. The molecule has 2 heterocycles. The zero-order valence-corrected chi connectivity index (χ0v) is 13.7. The zero-order chi connectivity index (χ0) is 18.1. The standard InChI is InChI=1S/C20H15F2N3O/c21-15-6-7-17(16(22)11-15)24-19-8-5-14(12-23-19)20(26)25-10-9-13-3-1-2-4-18(13)25/h1-8,11-12H,9-10H2,(H,23,24). The summed E-state index contributed by atoms with van der Waals surface area (Å²) in [6.07, 6.45) is 2.28. The number of hydrogen-bond acceptors (Lipinski definition) is 3. The first-order chi connectivity index (χ1) is 12.6. The largest absolute Gasteiger partial charge is 0.338 e. The number of nitrogens with zero attached hydrogens (tertiary/aromatic N) is 2. The number of para-hydroxylation sites is 1. The van der Waals surface area contributed by atoms with Crippen LogP contribution in [0.1, 0.15) is 15.9 Å². The Hall–Kier alpha value is -3.28. The fourth-order valence-electron chi connectivity index (χ4n) is 3.03. The minimum atomic E-state index is -0.708. The molecule has 0 aliphatic carbocycles. The highest BCUT2D eigenvalue weighted by Gasteiger charge is 2.25. The first-order valence-corrected chi connectivity index (χ1v) is 8.20. The van der Waals surface area contributed by atoms with E-state index in [0.29, 0.717) is 17.9 Å². The summed E-state index contributed by atoms with van der Waals surface area (Å²) in [5.74, 6) is -1.11. The SMILES string of the molecule is O=C(c1ccc(Nc2ccc(F)cc2F)nc1)N1CCc2ccccc21. The Morgan fingerprint density at radius 3 is 2.69 bits per heavy atom. The Labute approximate surface area is 149 Å². The number of carbonyl (C=O) groups excluding carboxylic acids is 1. The summed E-state index contributed by atoms with van der Waals surface area (Å²) < 4.78 is 26.7. The number of aromatic nitrogens is 1. The summed E-state index contributed by atoms with van der Waals surface area (Å²) >= 11 is 0. The lowest BCUT2D eigenvalue weighted by molar-refractivity contribution is 0.0989. The van der Waals surface area contributed by atoms with E-state index in [9.17, 15) is 13.6 Å². The molecule has 0 fully saturated rings. The molecule has 6 heteroatoms. The summed E-state index contributed by atoms with van der Waals surface area (Å²) in [4.78, 5) is 18.6. The van der Waals surface area contributed by atoms with Crippen molar-refractivity contribution in [1.82, 2.24) is 4.98 Å². The van der Waals surface area contributed by atoms with Gasteiger partial charge in [-0.1, -0.05) is 18.2 Å². The van der Waals surface area contributed by atoms with Gasteiger partial charge in [0.15, 0.2) is 0 Å². The molecule has 4 nitrogen and oxygen atoms in total. The molecule has 0 spiro atoms. The molecule has 0 saturated carbocycles. The van der Waals surface area contributed by atoms with E-state index in [1.54, 1.807) is 17.0 Å². The predicted octanol–water partition coefficient (Wildman–Crippen LogP) is 4.31. The molecule has 1 N–H and O–H groups in total. The molecule has 0 radical (unpaired) electrons. The lowest BCUT2D eigenvalue weighted by Crippen LogP contribution is -2.28. The van der Waals surface area contributed by atoms with Crippen molar-refractivity contribution in [2.24, 2.45) is 0 Å². The van der Waals surface area contributed by atoms with E-state index in [2.05, 4.69) is 10.3 Å². The Morgan fingerprint density at radius 1 is 1.08 bits per heavy atom. The second-order valence-electron chi connectivity index (χ2n) is 6.02. The van der Waals surface area contributed by atoms with Crippen LogP contribution in [0.15, 0.2) is 60.8 Å². The van der Waals surface area contributed by atoms with Crippen LogP contribution < -0.4 is 10.2 Å². The molecular weight excluding hydrogens is 336 g/mol. The third-order valence-electron chi connectivity index (χ3n) is 4.34. The highest BCUT2D eigenvalue weighted by molar-refractivity contribution is 6.07. The lowest BCUT2D eigenvalue weighted by atomic mass is 10.2. The monoisotopic (exact) mass is 351 g/mol. The normalized spacial score (nSPS) is 12.8. The number of halogens is 2. The topological polar surface area (TPSA) is 45.2 Å². The van der Waals surface area contributed by atoms with Gasteiger partial charge in [-0.05, 0) is 42.3 Å². The van der Waals surface area contributed by atoms with Gasteiger partial charge in [0, 0.05) is 24.5 Å². The summed E-state index contributed by atoms with van der Waals surface area (Å²) in [5.41, 5.74) is 2.64. The zero-order valence-electron chi connectivity index (χ0n) is 13.7. The Balaban J connectivity index is 1.52. The number of rotatable bonds is 3. The summed E-state index contributed by atoms with van der Waals surface area (Å²) in [6.45, 7) is 0.638. The molecule has 26 heavy (non-hydrogen) atoms. The fourth-order valence-corrected chi connectivity index (χ4v) is 3.03. The van der Waals surface area contributed by atoms with Crippen molar-refractivity contribution in [2.75, 3.05) is 16.8 Å². The van der Waals surface area contributed by atoms with E-state index in [1.165, 1.54) is 12.3 Å². The van der Waals surface area contributed by atoms with Crippen LogP contribution in [0.2, 0.25) is 0 Å². The minimum absolute atomic E-state index is 0.117. The first kappa shape index (κ1) is 16.2. The van der Waals surface area contributed by atoms with Gasteiger partial charge < -0.3 is 10.2 Å². The van der Waals surface area contributed by atoms with Crippen LogP contribution in [0.5, 0.6) is 0 Å². The first-order valence-electron chi connectivity index (χ1n) is 8.20. The van der Waals surface area contributed by atoms with Crippen molar-refractivity contribution in [3.63, 3.8) is 0 Å².